The van der Waals surface area contributed by atoms with E-state index in [2.05, 4.69) is 15.0 Å². The second-order valence-electron chi connectivity index (χ2n) is 7.35. The zero-order valence-electron chi connectivity index (χ0n) is 16.0. The first-order chi connectivity index (χ1) is 14.3. The van der Waals surface area contributed by atoms with Gasteiger partial charge in [0.05, 0.1) is 4.90 Å². The number of aromatic nitrogens is 1. The van der Waals surface area contributed by atoms with E-state index in [0.29, 0.717) is 0 Å². The van der Waals surface area contributed by atoms with Crippen LogP contribution in [0.15, 0.2) is 59.6 Å². The number of carboxylic acid groups (broad SMARTS) is 1. The fourth-order valence-electron chi connectivity index (χ4n) is 3.26. The highest BCUT2D eigenvalue weighted by Gasteiger charge is 2.28. The topological polar surface area (TPSA) is 128 Å². The zero-order valence-corrected chi connectivity index (χ0v) is 16.8. The number of H-pyrrole nitrogens is 1. The highest BCUT2D eigenvalue weighted by molar-refractivity contribution is 7.89. The SMILES string of the molecule is O=C(N[C@@H](Cc1c[nH]c2ccccc12)C(=O)O)c1cccc(S(=O)(=O)NC2CC2)c1. The molecule has 3 aromatic rings. The van der Waals surface area contributed by atoms with Crippen molar-refractivity contribution in [1.82, 2.24) is 15.0 Å². The van der Waals surface area contributed by atoms with Crippen LogP contribution in [-0.4, -0.2) is 42.5 Å². The Morgan fingerprint density at radius 2 is 1.90 bits per heavy atom. The normalized spacial score (nSPS) is 15.1. The molecule has 1 aromatic heterocycles. The number of hydrogen-bond acceptors (Lipinski definition) is 4. The molecule has 0 radical (unpaired) electrons. The summed E-state index contributed by atoms with van der Waals surface area (Å²) in [6.07, 6.45) is 3.41. The molecule has 0 bridgehead atoms. The number of nitrogens with one attached hydrogen (secondary N) is 3. The second kappa shape index (κ2) is 7.92. The average Bonchev–Trinajstić information content (AvgIpc) is 3.44. The number of aromatic amines is 1. The zero-order chi connectivity index (χ0) is 21.3. The van der Waals surface area contributed by atoms with Crippen LogP contribution in [-0.2, 0) is 21.2 Å². The molecule has 4 rings (SSSR count). The predicted molar refractivity (Wildman–Crippen MR) is 111 cm³/mol. The van der Waals surface area contributed by atoms with Crippen molar-refractivity contribution in [2.24, 2.45) is 0 Å². The van der Waals surface area contributed by atoms with Gasteiger partial charge in [-0.1, -0.05) is 24.3 Å². The summed E-state index contributed by atoms with van der Waals surface area (Å²) in [6, 6.07) is 11.8. The number of hydrogen-bond donors (Lipinski definition) is 4. The van der Waals surface area contributed by atoms with E-state index < -0.39 is 27.9 Å². The Hall–Kier alpha value is -3.17. The highest BCUT2D eigenvalue weighted by Crippen LogP contribution is 2.23. The summed E-state index contributed by atoms with van der Waals surface area (Å²) in [5.74, 6) is -1.82. The van der Waals surface area contributed by atoms with Crippen molar-refractivity contribution in [1.29, 1.82) is 0 Å². The van der Waals surface area contributed by atoms with E-state index in [4.69, 9.17) is 0 Å². The molecule has 1 fully saturated rings. The van der Waals surface area contributed by atoms with Gasteiger partial charge in [0, 0.05) is 35.1 Å². The standard InChI is InChI=1S/C21H21N3O5S/c25-20(13-4-3-5-16(10-13)30(28,29)24-15-8-9-15)23-19(21(26)27)11-14-12-22-18-7-2-1-6-17(14)18/h1-7,10,12,15,19,22,24H,8-9,11H2,(H,23,25)(H,26,27)/t19-/m0/s1. The van der Waals surface area contributed by atoms with E-state index in [1.807, 2.05) is 24.3 Å². The molecule has 0 unspecified atom stereocenters. The number of carbonyl (C=O) groups excluding carboxylic acids is 1. The number of rotatable bonds is 8. The predicted octanol–water partition coefficient (Wildman–Crippen LogP) is 2.03. The molecule has 0 aliphatic heterocycles. The fraction of sp³-hybridized carbons (Fsp3) is 0.238. The van der Waals surface area contributed by atoms with E-state index >= 15 is 0 Å². The van der Waals surface area contributed by atoms with E-state index in [-0.39, 0.29) is 22.9 Å². The summed E-state index contributed by atoms with van der Waals surface area (Å²) in [5, 5.41) is 13.0. The number of fused-ring (bicyclic) bond motifs is 1. The summed E-state index contributed by atoms with van der Waals surface area (Å²) in [6.45, 7) is 0. The van der Waals surface area contributed by atoms with Crippen molar-refractivity contribution < 1.29 is 23.1 Å². The third kappa shape index (κ3) is 4.37. The summed E-state index contributed by atoms with van der Waals surface area (Å²) in [5.41, 5.74) is 1.73. The van der Waals surface area contributed by atoms with Crippen LogP contribution in [0.1, 0.15) is 28.8 Å². The molecule has 4 N–H and O–H groups in total. The van der Waals surface area contributed by atoms with Gasteiger partial charge in [-0.15, -0.1) is 0 Å². The lowest BCUT2D eigenvalue weighted by atomic mass is 10.0. The Kier molecular flexibility index (Phi) is 5.31. The van der Waals surface area contributed by atoms with Crippen molar-refractivity contribution in [3.05, 3.63) is 65.9 Å². The lowest BCUT2D eigenvalue weighted by Gasteiger charge is -2.15. The van der Waals surface area contributed by atoms with Crippen molar-refractivity contribution >= 4 is 32.8 Å². The molecular weight excluding hydrogens is 406 g/mol. The van der Waals surface area contributed by atoms with E-state index in [9.17, 15) is 23.1 Å². The molecule has 9 heteroatoms. The van der Waals surface area contributed by atoms with Crippen LogP contribution in [0.3, 0.4) is 0 Å². The van der Waals surface area contributed by atoms with Gasteiger partial charge in [0.15, 0.2) is 0 Å². The van der Waals surface area contributed by atoms with Gasteiger partial charge in [-0.2, -0.15) is 0 Å². The minimum absolute atomic E-state index is 0.0226. The van der Waals surface area contributed by atoms with Crippen molar-refractivity contribution in [2.75, 3.05) is 0 Å². The van der Waals surface area contributed by atoms with Crippen LogP contribution in [0.25, 0.3) is 10.9 Å². The number of sulfonamides is 1. The van der Waals surface area contributed by atoms with Gasteiger partial charge in [-0.05, 0) is 42.7 Å². The molecule has 1 atom stereocenters. The Bertz CT molecular complexity index is 1210. The number of aliphatic carboxylic acids is 1. The Morgan fingerprint density at radius 1 is 1.13 bits per heavy atom. The smallest absolute Gasteiger partial charge is 0.326 e. The van der Waals surface area contributed by atoms with Gasteiger partial charge in [0.2, 0.25) is 10.0 Å². The Morgan fingerprint density at radius 3 is 2.63 bits per heavy atom. The lowest BCUT2D eigenvalue weighted by Crippen LogP contribution is -2.42. The average molecular weight is 427 g/mol. The maximum absolute atomic E-state index is 12.7. The largest absolute Gasteiger partial charge is 0.480 e. The minimum Gasteiger partial charge on any atom is -0.480 e. The Balaban J connectivity index is 1.52. The quantitative estimate of drug-likeness (QED) is 0.437. The number of carboxylic acids is 1. The molecular formula is C21H21N3O5S. The molecule has 0 saturated heterocycles. The van der Waals surface area contributed by atoms with E-state index in [0.717, 1.165) is 29.3 Å². The summed E-state index contributed by atoms with van der Waals surface area (Å²) in [7, 11) is -3.71. The summed E-state index contributed by atoms with van der Waals surface area (Å²) in [4.78, 5) is 27.5. The highest BCUT2D eigenvalue weighted by atomic mass is 32.2. The number of carbonyl (C=O) groups is 2. The fourth-order valence-corrected chi connectivity index (χ4v) is 4.61. The molecule has 1 amide bonds. The summed E-state index contributed by atoms with van der Waals surface area (Å²) < 4.78 is 27.3. The number of para-hydroxylation sites is 1. The van der Waals surface area contributed by atoms with Gasteiger partial charge in [0.25, 0.3) is 5.91 Å². The molecule has 1 heterocycles. The van der Waals surface area contributed by atoms with Crippen LogP contribution < -0.4 is 10.0 Å². The molecule has 1 aliphatic carbocycles. The van der Waals surface area contributed by atoms with Crippen molar-refractivity contribution in [2.45, 2.75) is 36.2 Å². The van der Waals surface area contributed by atoms with Gasteiger partial charge in [0.1, 0.15) is 6.04 Å². The summed E-state index contributed by atoms with van der Waals surface area (Å²) >= 11 is 0. The van der Waals surface area contributed by atoms with Crippen LogP contribution in [0.5, 0.6) is 0 Å². The van der Waals surface area contributed by atoms with E-state index in [1.165, 1.54) is 24.3 Å². The van der Waals surface area contributed by atoms with Crippen LogP contribution >= 0.6 is 0 Å². The molecule has 30 heavy (non-hydrogen) atoms. The third-order valence-electron chi connectivity index (χ3n) is 5.01. The van der Waals surface area contributed by atoms with E-state index in [1.54, 1.807) is 6.20 Å². The first kappa shape index (κ1) is 20.1. The van der Waals surface area contributed by atoms with Gasteiger partial charge in [-0.3, -0.25) is 4.79 Å². The maximum Gasteiger partial charge on any atom is 0.326 e. The van der Waals surface area contributed by atoms with Crippen LogP contribution in [0.2, 0.25) is 0 Å². The molecule has 1 aliphatic rings. The molecule has 156 valence electrons. The Labute approximate surface area is 173 Å². The molecule has 8 nitrogen and oxygen atoms in total. The maximum atomic E-state index is 12.7. The molecule has 0 spiro atoms. The molecule has 2 aromatic carbocycles. The van der Waals surface area contributed by atoms with Crippen LogP contribution in [0.4, 0.5) is 0 Å². The first-order valence-corrected chi connectivity index (χ1v) is 11.0. The first-order valence-electron chi connectivity index (χ1n) is 9.54. The number of amides is 1. The van der Waals surface area contributed by atoms with Crippen molar-refractivity contribution in [3.63, 3.8) is 0 Å². The monoisotopic (exact) mass is 427 g/mol. The van der Waals surface area contributed by atoms with Gasteiger partial charge in [-0.25, -0.2) is 17.9 Å². The van der Waals surface area contributed by atoms with Crippen LogP contribution in [0, 0.1) is 0 Å². The van der Waals surface area contributed by atoms with Gasteiger partial charge >= 0.3 is 5.97 Å². The molecule has 1 saturated carbocycles. The third-order valence-corrected chi connectivity index (χ3v) is 6.53. The lowest BCUT2D eigenvalue weighted by molar-refractivity contribution is -0.139. The van der Waals surface area contributed by atoms with Crippen molar-refractivity contribution in [3.8, 4) is 0 Å². The number of benzene rings is 2. The second-order valence-corrected chi connectivity index (χ2v) is 9.07. The minimum atomic E-state index is -3.71. The van der Waals surface area contributed by atoms with Gasteiger partial charge < -0.3 is 15.4 Å².